The van der Waals surface area contributed by atoms with Crippen molar-refractivity contribution in [3.8, 4) is 84.6 Å². The zero-order chi connectivity index (χ0) is 88.1. The lowest BCUT2D eigenvalue weighted by Gasteiger charge is -2.21. The van der Waals surface area contributed by atoms with Gasteiger partial charge >= 0.3 is 0 Å². The van der Waals surface area contributed by atoms with E-state index in [9.17, 15) is 0 Å². The molecule has 29 rings (SSSR count). The molecule has 28 aromatic rings. The molecule has 0 N–H and O–H groups in total. The molecule has 0 atom stereocenters. The van der Waals surface area contributed by atoms with E-state index >= 15 is 0 Å². The molecule has 1 aliphatic rings. The maximum Gasteiger partial charge on any atom is 0.0980 e. The summed E-state index contributed by atoms with van der Waals surface area (Å²) in [5.41, 5.74) is 33.3. The molecule has 9 nitrogen and oxygen atoms in total. The van der Waals surface area contributed by atoms with Crippen molar-refractivity contribution in [2.45, 2.75) is 19.3 Å². The number of nitrogens with zero attached hydrogens (tertiary/aromatic N) is 9. The molecule has 0 saturated carbocycles. The first kappa shape index (κ1) is 75.3. The Kier molecular flexibility index (Phi) is 16.4. The molecule has 134 heavy (non-hydrogen) atoms. The topological polar surface area (TPSA) is 76.2 Å². The first-order valence-corrected chi connectivity index (χ1v) is 46.1. The molecule has 0 saturated heterocycles. The summed E-state index contributed by atoms with van der Waals surface area (Å²) in [7, 11) is 0. The van der Waals surface area contributed by atoms with E-state index in [4.69, 9.17) is 19.9 Å². The van der Waals surface area contributed by atoms with Gasteiger partial charge in [-0.2, -0.15) is 0 Å². The van der Waals surface area contributed by atoms with Crippen LogP contribution >= 0.6 is 0 Å². The Labute approximate surface area is 769 Å². The number of hydrogen-bond donors (Lipinski definition) is 0. The highest BCUT2D eigenvalue weighted by atomic mass is 15.0. The number of hydrogen-bond acceptors (Lipinski definition) is 4. The molecule has 7 heterocycles. The van der Waals surface area contributed by atoms with Gasteiger partial charge in [-0.1, -0.05) is 347 Å². The molecule has 0 aliphatic heterocycles. The monoisotopic (exact) mass is 1710 g/mol. The number of para-hydroxylation sites is 10. The second kappa shape index (κ2) is 29.2. The molecule has 0 unspecified atom stereocenters. The fourth-order valence-corrected chi connectivity index (χ4v) is 22.9. The van der Waals surface area contributed by atoms with Gasteiger partial charge in [0.05, 0.1) is 111 Å². The minimum Gasteiger partial charge on any atom is -0.309 e. The molecule has 0 bridgehead atoms. The lowest BCUT2D eigenvalue weighted by Crippen LogP contribution is -2.14. The van der Waals surface area contributed by atoms with Gasteiger partial charge in [-0.05, 0) is 153 Å². The molecule has 624 valence electrons. The summed E-state index contributed by atoms with van der Waals surface area (Å²) >= 11 is 0. The lowest BCUT2D eigenvalue weighted by atomic mass is 9.82. The quantitative estimate of drug-likeness (QED) is 0.144. The number of fused-ring (bicyclic) bond motifs is 26. The van der Waals surface area contributed by atoms with Crippen molar-refractivity contribution < 1.29 is 0 Å². The zero-order valence-corrected chi connectivity index (χ0v) is 73.2. The Morgan fingerprint density at radius 2 is 0.530 bits per heavy atom. The van der Waals surface area contributed by atoms with Gasteiger partial charge < -0.3 is 22.8 Å². The van der Waals surface area contributed by atoms with Crippen LogP contribution in [0.5, 0.6) is 0 Å². The van der Waals surface area contributed by atoms with Crippen LogP contribution in [0.15, 0.2) is 443 Å². The Balaban J connectivity index is 0.000000134. The fourth-order valence-electron chi connectivity index (χ4n) is 22.9. The van der Waals surface area contributed by atoms with E-state index < -0.39 is 0 Å². The molecule has 0 radical (unpaired) electrons. The van der Waals surface area contributed by atoms with E-state index in [1.165, 1.54) is 147 Å². The Hall–Kier alpha value is -17.7. The van der Waals surface area contributed by atoms with Crippen molar-refractivity contribution in [3.05, 3.63) is 454 Å². The third-order valence-corrected chi connectivity index (χ3v) is 28.6. The van der Waals surface area contributed by atoms with Crippen LogP contribution in [0.1, 0.15) is 25.0 Å². The van der Waals surface area contributed by atoms with Crippen LogP contribution in [-0.4, -0.2) is 42.8 Å². The minimum absolute atomic E-state index is 0.141. The summed E-state index contributed by atoms with van der Waals surface area (Å²) in [6, 6.07) is 161. The van der Waals surface area contributed by atoms with Crippen LogP contribution < -0.4 is 0 Å². The Morgan fingerprint density at radius 3 is 1.03 bits per heavy atom. The first-order chi connectivity index (χ1) is 66.3. The summed E-state index contributed by atoms with van der Waals surface area (Å²) < 4.78 is 12.4. The smallest absolute Gasteiger partial charge is 0.0980 e. The SMILES string of the molecule is CC1(C)c2ccccc2-c2c(-c3nc4ccccc4nc3-c3cccc(-n4c5ccccc5c5c(-n6c7ccccc7c7ccc8ccccc8c76)c6ccccc6cc54)c3)cccc21.c1ccc(-n2c3ccccc3c3c(-c4nc5ccccc5nc4-c4cccc(-n5c6ccccc6c6c(-n7c8ccccc8c8ccc9ccccc9c87)c7ccccc7cc65)c4)cccc32)cc1. The predicted molar refractivity (Wildman–Crippen MR) is 560 cm³/mol. The summed E-state index contributed by atoms with van der Waals surface area (Å²) in [6.45, 7) is 4.67. The van der Waals surface area contributed by atoms with Gasteiger partial charge in [0, 0.05) is 120 Å². The molecule has 0 spiro atoms. The van der Waals surface area contributed by atoms with E-state index in [0.717, 1.165) is 123 Å². The first-order valence-electron chi connectivity index (χ1n) is 46.1. The lowest BCUT2D eigenvalue weighted by molar-refractivity contribution is 0.660. The minimum atomic E-state index is -0.141. The second-order valence-electron chi connectivity index (χ2n) is 36.2. The van der Waals surface area contributed by atoms with E-state index in [1.54, 1.807) is 0 Å². The largest absolute Gasteiger partial charge is 0.309 e. The third-order valence-electron chi connectivity index (χ3n) is 28.6. The molecule has 0 amide bonds. The zero-order valence-electron chi connectivity index (χ0n) is 73.2. The van der Waals surface area contributed by atoms with Crippen molar-refractivity contribution in [1.82, 2.24) is 42.8 Å². The van der Waals surface area contributed by atoms with Crippen LogP contribution in [-0.2, 0) is 5.41 Å². The van der Waals surface area contributed by atoms with Crippen molar-refractivity contribution in [3.63, 3.8) is 0 Å². The molecular formula is C125H79N9. The third kappa shape index (κ3) is 11.1. The highest BCUT2D eigenvalue weighted by molar-refractivity contribution is 6.28. The van der Waals surface area contributed by atoms with Crippen molar-refractivity contribution in [2.24, 2.45) is 0 Å². The van der Waals surface area contributed by atoms with Crippen LogP contribution in [0.3, 0.4) is 0 Å². The molecule has 0 fully saturated rings. The normalized spacial score (nSPS) is 12.6. The van der Waals surface area contributed by atoms with Crippen molar-refractivity contribution >= 4 is 174 Å². The number of aromatic nitrogens is 9. The Bertz CT molecular complexity index is 9900. The molecule has 21 aromatic carbocycles. The number of rotatable bonds is 9. The van der Waals surface area contributed by atoms with Gasteiger partial charge in [0.1, 0.15) is 0 Å². The van der Waals surface area contributed by atoms with Gasteiger partial charge in [0.2, 0.25) is 0 Å². The van der Waals surface area contributed by atoms with E-state index in [-0.39, 0.29) is 5.41 Å². The van der Waals surface area contributed by atoms with E-state index in [2.05, 4.69) is 467 Å². The van der Waals surface area contributed by atoms with Gasteiger partial charge in [0.15, 0.2) is 0 Å². The summed E-state index contributed by atoms with van der Waals surface area (Å²) in [4.78, 5) is 22.0. The van der Waals surface area contributed by atoms with Gasteiger partial charge in [-0.15, -0.1) is 0 Å². The van der Waals surface area contributed by atoms with E-state index in [1.807, 2.05) is 12.1 Å². The van der Waals surface area contributed by atoms with Crippen LogP contribution in [0, 0.1) is 0 Å². The highest BCUT2D eigenvalue weighted by Gasteiger charge is 2.38. The van der Waals surface area contributed by atoms with Gasteiger partial charge in [-0.3, -0.25) is 0 Å². The standard InChI is InChI=1S/C64H39N5.C61H40N4/c1-2-21-43(22-3-1)67-55-33-14-9-27-49(55)59-51(29-17-35-57(59)67)62-61(65-52-30-11-12-31-53(52)66-62)42-20-16-23-44(38-42)68-56-34-15-10-28-50(56)60-58(68)39-41-19-5-7-25-46(41)64(60)69-54-32-13-8-26-47(54)48-37-36-40-18-4-6-24-45(40)63(48)69;1-61(2)48-27-10-7-24-45(48)55-47(26-16-28-49(55)61)58-57(62-50-29-11-12-30-51(50)63-58)39-19-15-20-40(35-39)64-53-32-14-9-25-46(53)56-54(64)36-38-18-4-6-22-42(38)60(56)65-52-31-13-8-23-43(52)44-34-33-37-17-3-5-21-41(37)59(44)65/h1-39H;3-36H,1-2H3. The average molecular weight is 1710 g/mol. The van der Waals surface area contributed by atoms with Crippen molar-refractivity contribution in [1.29, 1.82) is 0 Å². The molecular weight excluding hydrogens is 1630 g/mol. The molecule has 1 aliphatic carbocycles. The summed E-state index contributed by atoms with van der Waals surface area (Å²) in [5, 5.41) is 21.8. The van der Waals surface area contributed by atoms with Crippen LogP contribution in [0.25, 0.3) is 259 Å². The maximum absolute atomic E-state index is 5.52. The fraction of sp³-hybridized carbons (Fsp3) is 0.0240. The molecule has 9 heteroatoms. The van der Waals surface area contributed by atoms with E-state index in [0.29, 0.717) is 0 Å². The number of benzene rings is 21. The Morgan fingerprint density at radius 1 is 0.194 bits per heavy atom. The van der Waals surface area contributed by atoms with Crippen LogP contribution in [0.2, 0.25) is 0 Å². The van der Waals surface area contributed by atoms with Gasteiger partial charge in [0.25, 0.3) is 0 Å². The maximum atomic E-state index is 5.52. The second-order valence-corrected chi connectivity index (χ2v) is 36.2. The molecule has 7 aromatic heterocycles. The predicted octanol–water partition coefficient (Wildman–Crippen LogP) is 32.3. The summed E-state index contributed by atoms with van der Waals surface area (Å²) in [5.74, 6) is 0. The van der Waals surface area contributed by atoms with Crippen molar-refractivity contribution in [2.75, 3.05) is 0 Å². The van der Waals surface area contributed by atoms with Gasteiger partial charge in [-0.25, -0.2) is 19.9 Å². The summed E-state index contributed by atoms with van der Waals surface area (Å²) in [6.07, 6.45) is 0. The average Bonchev–Trinajstić information content (AvgIpc) is 1.54. The highest BCUT2D eigenvalue weighted by Crippen LogP contribution is 2.55. The van der Waals surface area contributed by atoms with Crippen LogP contribution in [0.4, 0.5) is 0 Å².